The first-order valence-corrected chi connectivity index (χ1v) is 12.1. The molecule has 2 aromatic rings. The minimum absolute atomic E-state index is 0.202. The van der Waals surface area contributed by atoms with E-state index in [-0.39, 0.29) is 30.8 Å². The summed E-state index contributed by atoms with van der Waals surface area (Å²) in [7, 11) is -4.11. The first-order chi connectivity index (χ1) is 15.7. The third-order valence-corrected chi connectivity index (χ3v) is 6.84. The zero-order valence-corrected chi connectivity index (χ0v) is 19.9. The lowest BCUT2D eigenvalue weighted by Crippen LogP contribution is -2.54. The van der Waals surface area contributed by atoms with Crippen molar-refractivity contribution in [2.24, 2.45) is 0 Å². The zero-order chi connectivity index (χ0) is 25.2. The first-order valence-electron chi connectivity index (χ1n) is 10.6. The molecule has 0 atom stereocenters. The van der Waals surface area contributed by atoms with E-state index in [4.69, 9.17) is 4.74 Å². The average Bonchev–Trinajstić information content (AvgIpc) is 2.72. The maximum atomic E-state index is 13.2. The molecule has 1 N–H and O–H groups in total. The van der Waals surface area contributed by atoms with E-state index in [0.717, 1.165) is 29.8 Å². The lowest BCUT2D eigenvalue weighted by Gasteiger charge is -2.42. The molecule has 0 saturated carbocycles. The van der Waals surface area contributed by atoms with E-state index < -0.39 is 39.4 Å². The number of nitrogens with zero attached hydrogens (tertiary/aromatic N) is 1. The van der Waals surface area contributed by atoms with E-state index in [2.05, 4.69) is 9.46 Å². The Bertz CT molecular complexity index is 1090. The van der Waals surface area contributed by atoms with Crippen molar-refractivity contribution >= 4 is 16.1 Å². The summed E-state index contributed by atoms with van der Waals surface area (Å²) in [6.45, 7) is 5.81. The van der Waals surface area contributed by atoms with Crippen LogP contribution < -0.4 is 9.46 Å². The number of likely N-dealkylation sites (tertiary alicyclic amines) is 1. The van der Waals surface area contributed by atoms with Crippen LogP contribution in [0.25, 0.3) is 0 Å². The van der Waals surface area contributed by atoms with Gasteiger partial charge in [-0.3, -0.25) is 0 Å². The highest BCUT2D eigenvalue weighted by molar-refractivity contribution is 7.89. The third-order valence-electron chi connectivity index (χ3n) is 5.29. The van der Waals surface area contributed by atoms with Crippen molar-refractivity contribution in [1.82, 2.24) is 9.62 Å². The number of halogens is 3. The van der Waals surface area contributed by atoms with Crippen molar-refractivity contribution in [3.63, 3.8) is 0 Å². The van der Waals surface area contributed by atoms with Gasteiger partial charge in [-0.05, 0) is 63.4 Å². The molecule has 1 aliphatic heterocycles. The van der Waals surface area contributed by atoms with Crippen LogP contribution in [0.4, 0.5) is 18.0 Å². The minimum atomic E-state index is -4.88. The normalized spacial score (nSPS) is 16.7. The van der Waals surface area contributed by atoms with Gasteiger partial charge in [-0.2, -0.15) is 0 Å². The second-order valence-corrected chi connectivity index (χ2v) is 10.7. The predicted octanol–water partition coefficient (Wildman–Crippen LogP) is 4.79. The molecule has 0 radical (unpaired) electrons. The number of carbonyl (C=O) groups is 1. The monoisotopic (exact) mass is 500 g/mol. The standard InChI is InChI=1S/C23H27F3N2O5S/c1-21(2,3)33-20(29)28-15-13-22(14-16-28,17-7-5-4-6-8-17)27-34(30,31)19-11-9-18(10-12-19)32-23(24,25)26/h4-12,27H,13-16H2,1-3H3. The number of piperidine rings is 1. The molecular weight excluding hydrogens is 473 g/mol. The number of sulfonamides is 1. The summed E-state index contributed by atoms with van der Waals surface area (Å²) in [5, 5.41) is 0. The summed E-state index contributed by atoms with van der Waals surface area (Å²) in [5.41, 5.74) is -0.951. The van der Waals surface area contributed by atoms with Gasteiger partial charge in [0.2, 0.25) is 10.0 Å². The van der Waals surface area contributed by atoms with Crippen molar-refractivity contribution in [3.05, 3.63) is 60.2 Å². The summed E-state index contributed by atoms with van der Waals surface area (Å²) >= 11 is 0. The van der Waals surface area contributed by atoms with Gasteiger partial charge in [-0.25, -0.2) is 17.9 Å². The summed E-state index contributed by atoms with van der Waals surface area (Å²) < 4.78 is 75.6. The second-order valence-electron chi connectivity index (χ2n) is 9.04. The maximum absolute atomic E-state index is 13.2. The highest BCUT2D eigenvalue weighted by Gasteiger charge is 2.41. The van der Waals surface area contributed by atoms with Crippen LogP contribution in [0.3, 0.4) is 0 Å². The van der Waals surface area contributed by atoms with Gasteiger partial charge in [-0.15, -0.1) is 13.2 Å². The van der Waals surface area contributed by atoms with E-state index in [1.54, 1.807) is 51.1 Å². The molecule has 2 aromatic carbocycles. The van der Waals surface area contributed by atoms with Crippen LogP contribution in [0.5, 0.6) is 5.75 Å². The van der Waals surface area contributed by atoms with Gasteiger partial charge < -0.3 is 14.4 Å². The number of hydrogen-bond acceptors (Lipinski definition) is 5. The number of ether oxygens (including phenoxy) is 2. The van der Waals surface area contributed by atoms with Crippen molar-refractivity contribution in [1.29, 1.82) is 0 Å². The Balaban J connectivity index is 1.83. The molecule has 11 heteroatoms. The number of rotatable bonds is 5. The van der Waals surface area contributed by atoms with Crippen molar-refractivity contribution in [3.8, 4) is 5.75 Å². The van der Waals surface area contributed by atoms with Crippen molar-refractivity contribution in [2.75, 3.05) is 13.1 Å². The summed E-state index contributed by atoms with van der Waals surface area (Å²) in [5.74, 6) is -0.519. The van der Waals surface area contributed by atoms with E-state index in [9.17, 15) is 26.4 Å². The van der Waals surface area contributed by atoms with E-state index in [1.807, 2.05) is 0 Å². The Hall–Kier alpha value is -2.79. The molecule has 1 aliphatic rings. The molecule has 0 bridgehead atoms. The molecule has 0 aliphatic carbocycles. The van der Waals surface area contributed by atoms with Gasteiger partial charge in [0.05, 0.1) is 10.4 Å². The highest BCUT2D eigenvalue weighted by atomic mass is 32.2. The molecule has 0 aromatic heterocycles. The van der Waals surface area contributed by atoms with Gasteiger partial charge in [0.1, 0.15) is 11.4 Å². The summed E-state index contributed by atoms with van der Waals surface area (Å²) in [4.78, 5) is 13.8. The Morgan fingerprint density at radius 3 is 2.03 bits per heavy atom. The lowest BCUT2D eigenvalue weighted by atomic mass is 9.82. The lowest BCUT2D eigenvalue weighted by molar-refractivity contribution is -0.274. The fraction of sp³-hybridized carbons (Fsp3) is 0.435. The molecule has 1 amide bonds. The average molecular weight is 501 g/mol. The van der Waals surface area contributed by atoms with Crippen molar-refractivity contribution in [2.45, 2.75) is 56.0 Å². The predicted molar refractivity (Wildman–Crippen MR) is 119 cm³/mol. The van der Waals surface area contributed by atoms with Crippen LogP contribution in [0.2, 0.25) is 0 Å². The summed E-state index contributed by atoms with van der Waals surface area (Å²) in [6, 6.07) is 13.0. The molecule has 186 valence electrons. The number of nitrogens with one attached hydrogen (secondary N) is 1. The quantitative estimate of drug-likeness (QED) is 0.638. The molecular formula is C23H27F3N2O5S. The van der Waals surface area contributed by atoms with Crippen LogP contribution in [-0.4, -0.2) is 44.5 Å². The Morgan fingerprint density at radius 2 is 1.53 bits per heavy atom. The molecule has 3 rings (SSSR count). The van der Waals surface area contributed by atoms with E-state index in [0.29, 0.717) is 0 Å². The van der Waals surface area contributed by atoms with E-state index >= 15 is 0 Å². The molecule has 1 fully saturated rings. The van der Waals surface area contributed by atoms with Crippen LogP contribution in [-0.2, 0) is 20.3 Å². The fourth-order valence-corrected chi connectivity index (χ4v) is 5.19. The number of carbonyl (C=O) groups excluding carboxylic acids is 1. The molecule has 34 heavy (non-hydrogen) atoms. The van der Waals surface area contributed by atoms with Gasteiger partial charge >= 0.3 is 12.5 Å². The molecule has 0 unspecified atom stereocenters. The minimum Gasteiger partial charge on any atom is -0.444 e. The third kappa shape index (κ3) is 6.63. The van der Waals surface area contributed by atoms with Gasteiger partial charge in [0, 0.05) is 13.1 Å². The highest BCUT2D eigenvalue weighted by Crippen LogP contribution is 2.35. The fourth-order valence-electron chi connectivity index (χ4n) is 3.74. The zero-order valence-electron chi connectivity index (χ0n) is 19.1. The van der Waals surface area contributed by atoms with Crippen LogP contribution in [0.1, 0.15) is 39.2 Å². The second kappa shape index (κ2) is 9.46. The Labute approximate surface area is 196 Å². The first kappa shape index (κ1) is 25.8. The Morgan fingerprint density at radius 1 is 0.971 bits per heavy atom. The summed E-state index contributed by atoms with van der Waals surface area (Å²) in [6.07, 6.45) is -4.79. The van der Waals surface area contributed by atoms with E-state index in [1.165, 1.54) is 4.90 Å². The smallest absolute Gasteiger partial charge is 0.444 e. The Kier molecular flexibility index (Phi) is 7.18. The van der Waals surface area contributed by atoms with Gasteiger partial charge in [0.25, 0.3) is 0 Å². The number of alkyl halides is 3. The SMILES string of the molecule is CC(C)(C)OC(=O)N1CCC(NS(=O)(=O)c2ccc(OC(F)(F)F)cc2)(c2ccccc2)CC1. The maximum Gasteiger partial charge on any atom is 0.573 e. The molecule has 0 spiro atoms. The molecule has 1 saturated heterocycles. The topological polar surface area (TPSA) is 84.9 Å². The van der Waals surface area contributed by atoms with Crippen LogP contribution in [0.15, 0.2) is 59.5 Å². The number of benzene rings is 2. The molecule has 7 nitrogen and oxygen atoms in total. The van der Waals surface area contributed by atoms with Gasteiger partial charge in [-0.1, -0.05) is 30.3 Å². The number of amides is 1. The van der Waals surface area contributed by atoms with Gasteiger partial charge in [0.15, 0.2) is 0 Å². The number of hydrogen-bond donors (Lipinski definition) is 1. The van der Waals surface area contributed by atoms with Crippen LogP contribution >= 0.6 is 0 Å². The van der Waals surface area contributed by atoms with Crippen molar-refractivity contribution < 1.29 is 35.9 Å². The molecule has 1 heterocycles. The van der Waals surface area contributed by atoms with Crippen LogP contribution in [0, 0.1) is 0 Å². The largest absolute Gasteiger partial charge is 0.573 e.